The van der Waals surface area contributed by atoms with Crippen molar-refractivity contribution in [2.24, 2.45) is 5.92 Å². The number of ether oxygens (including phenoxy) is 1. The normalized spacial score (nSPS) is 16.8. The van der Waals surface area contributed by atoms with Crippen LogP contribution in [0, 0.1) is 5.92 Å². The Bertz CT molecular complexity index is 414. The third-order valence-corrected chi connectivity index (χ3v) is 3.33. The summed E-state index contributed by atoms with van der Waals surface area (Å²) < 4.78 is 5.16. The minimum Gasteiger partial charge on any atom is -0.478 e. The van der Waals surface area contributed by atoms with E-state index in [9.17, 15) is 4.79 Å². The number of nitrogens with zero attached hydrogens (tertiary/aromatic N) is 2. The van der Waals surface area contributed by atoms with E-state index < -0.39 is 5.97 Å². The summed E-state index contributed by atoms with van der Waals surface area (Å²) >= 11 is 0. The van der Waals surface area contributed by atoms with Crippen LogP contribution in [0.4, 0.5) is 5.82 Å². The first-order valence-corrected chi connectivity index (χ1v) is 6.14. The highest BCUT2D eigenvalue weighted by molar-refractivity contribution is 5.93. The Morgan fingerprint density at radius 3 is 2.89 bits per heavy atom. The Morgan fingerprint density at radius 1 is 1.56 bits per heavy atom. The van der Waals surface area contributed by atoms with Gasteiger partial charge in [-0.15, -0.1) is 0 Å². The van der Waals surface area contributed by atoms with Crippen LogP contribution in [0.15, 0.2) is 18.3 Å². The zero-order chi connectivity index (χ0) is 13.0. The summed E-state index contributed by atoms with van der Waals surface area (Å²) in [6, 6.07) is 3.26. The summed E-state index contributed by atoms with van der Waals surface area (Å²) in [6.45, 7) is 2.46. The average Bonchev–Trinajstić information content (AvgIpc) is 2.40. The fraction of sp³-hybridized carbons (Fsp3) is 0.538. The highest BCUT2D eigenvalue weighted by atomic mass is 16.5. The molecule has 0 saturated carbocycles. The molecule has 0 spiro atoms. The van der Waals surface area contributed by atoms with Crippen LogP contribution < -0.4 is 4.90 Å². The molecule has 1 N–H and O–H groups in total. The van der Waals surface area contributed by atoms with Gasteiger partial charge in [0.1, 0.15) is 11.4 Å². The van der Waals surface area contributed by atoms with E-state index >= 15 is 0 Å². The van der Waals surface area contributed by atoms with Crippen LogP contribution >= 0.6 is 0 Å². The highest BCUT2D eigenvalue weighted by Gasteiger charge is 2.23. The maximum Gasteiger partial charge on any atom is 0.339 e. The quantitative estimate of drug-likeness (QED) is 0.880. The van der Waals surface area contributed by atoms with Crippen molar-refractivity contribution in [2.45, 2.75) is 12.8 Å². The minimum absolute atomic E-state index is 0.280. The summed E-state index contributed by atoms with van der Waals surface area (Å²) in [4.78, 5) is 17.4. The number of methoxy groups -OCH3 is 1. The molecule has 1 aromatic heterocycles. The molecule has 5 nitrogen and oxygen atoms in total. The lowest BCUT2D eigenvalue weighted by Gasteiger charge is -2.33. The zero-order valence-corrected chi connectivity index (χ0v) is 10.5. The predicted molar refractivity (Wildman–Crippen MR) is 68.0 cm³/mol. The van der Waals surface area contributed by atoms with E-state index in [1.54, 1.807) is 25.4 Å². The van der Waals surface area contributed by atoms with Gasteiger partial charge in [0.05, 0.1) is 0 Å². The molecule has 98 valence electrons. The van der Waals surface area contributed by atoms with Crippen LogP contribution in [-0.4, -0.2) is 42.9 Å². The molecule has 0 aromatic carbocycles. The van der Waals surface area contributed by atoms with Crippen LogP contribution in [0.25, 0.3) is 0 Å². The molecular formula is C13H18N2O3. The van der Waals surface area contributed by atoms with E-state index in [4.69, 9.17) is 9.84 Å². The molecule has 0 radical (unpaired) electrons. The van der Waals surface area contributed by atoms with Crippen molar-refractivity contribution in [3.05, 3.63) is 23.9 Å². The first-order chi connectivity index (χ1) is 8.72. The third-order valence-electron chi connectivity index (χ3n) is 3.33. The maximum atomic E-state index is 11.1. The van der Waals surface area contributed by atoms with Gasteiger partial charge < -0.3 is 14.7 Å². The van der Waals surface area contributed by atoms with E-state index in [1.165, 1.54) is 0 Å². The maximum absolute atomic E-state index is 11.1. The summed E-state index contributed by atoms with van der Waals surface area (Å²) in [6.07, 6.45) is 3.68. The van der Waals surface area contributed by atoms with Crippen LogP contribution in [0.3, 0.4) is 0 Å². The van der Waals surface area contributed by atoms with Gasteiger partial charge in [-0.25, -0.2) is 9.78 Å². The van der Waals surface area contributed by atoms with Crippen molar-refractivity contribution in [3.8, 4) is 0 Å². The summed E-state index contributed by atoms with van der Waals surface area (Å²) in [5.41, 5.74) is 0.280. The molecule has 0 bridgehead atoms. The standard InChI is InChI=1S/C13H18N2O3/c1-18-9-10-4-7-15(8-5-10)12-11(13(16)17)3-2-6-14-12/h2-3,6,10H,4-5,7-9H2,1H3,(H,16,17). The molecule has 5 heteroatoms. The molecule has 0 aliphatic carbocycles. The number of piperidine rings is 1. The van der Waals surface area contributed by atoms with Crippen molar-refractivity contribution in [1.29, 1.82) is 0 Å². The second kappa shape index (κ2) is 5.82. The molecule has 2 heterocycles. The molecule has 0 atom stereocenters. The molecule has 1 aromatic rings. The largest absolute Gasteiger partial charge is 0.478 e. The van der Waals surface area contributed by atoms with Crippen LogP contribution in [0.2, 0.25) is 0 Å². The number of carboxylic acids is 1. The first kappa shape index (κ1) is 12.8. The van der Waals surface area contributed by atoms with Crippen molar-refractivity contribution < 1.29 is 14.6 Å². The Balaban J connectivity index is 2.07. The van der Waals surface area contributed by atoms with Crippen molar-refractivity contribution in [1.82, 2.24) is 4.98 Å². The number of aromatic nitrogens is 1. The van der Waals surface area contributed by atoms with Crippen molar-refractivity contribution >= 4 is 11.8 Å². The monoisotopic (exact) mass is 250 g/mol. The van der Waals surface area contributed by atoms with Gasteiger partial charge in [-0.3, -0.25) is 0 Å². The lowest BCUT2D eigenvalue weighted by atomic mass is 9.97. The van der Waals surface area contributed by atoms with Crippen LogP contribution in [0.5, 0.6) is 0 Å². The average molecular weight is 250 g/mol. The molecule has 1 saturated heterocycles. The first-order valence-electron chi connectivity index (χ1n) is 6.14. The molecule has 0 amide bonds. The Hall–Kier alpha value is -1.62. The Kier molecular flexibility index (Phi) is 4.15. The number of pyridine rings is 1. The van der Waals surface area contributed by atoms with E-state index in [0.717, 1.165) is 32.5 Å². The fourth-order valence-electron chi connectivity index (χ4n) is 2.36. The number of aromatic carboxylic acids is 1. The van der Waals surface area contributed by atoms with Gasteiger partial charge >= 0.3 is 5.97 Å². The smallest absolute Gasteiger partial charge is 0.339 e. The molecule has 0 unspecified atom stereocenters. The highest BCUT2D eigenvalue weighted by Crippen LogP contribution is 2.24. The molecule has 1 fully saturated rings. The second-order valence-electron chi connectivity index (χ2n) is 4.57. The SMILES string of the molecule is COCC1CCN(c2ncccc2C(=O)O)CC1. The van der Waals surface area contributed by atoms with Crippen LogP contribution in [-0.2, 0) is 4.74 Å². The van der Waals surface area contributed by atoms with Gasteiger partial charge in [-0.1, -0.05) is 0 Å². The third kappa shape index (κ3) is 2.79. The Morgan fingerprint density at radius 2 is 2.28 bits per heavy atom. The van der Waals surface area contributed by atoms with Gasteiger partial charge in [0.2, 0.25) is 0 Å². The number of rotatable bonds is 4. The van der Waals surface area contributed by atoms with Gasteiger partial charge in [0.15, 0.2) is 0 Å². The van der Waals surface area contributed by atoms with Crippen molar-refractivity contribution in [2.75, 3.05) is 31.7 Å². The van der Waals surface area contributed by atoms with E-state index in [2.05, 4.69) is 9.88 Å². The van der Waals surface area contributed by atoms with E-state index in [0.29, 0.717) is 11.7 Å². The zero-order valence-electron chi connectivity index (χ0n) is 10.5. The minimum atomic E-state index is -0.919. The van der Waals surface area contributed by atoms with Crippen LogP contribution in [0.1, 0.15) is 23.2 Å². The Labute approximate surface area is 106 Å². The number of anilines is 1. The summed E-state index contributed by atoms with van der Waals surface area (Å²) in [7, 11) is 1.72. The summed E-state index contributed by atoms with van der Waals surface area (Å²) in [5, 5.41) is 9.15. The van der Waals surface area contributed by atoms with Crippen molar-refractivity contribution in [3.63, 3.8) is 0 Å². The molecule has 1 aliphatic rings. The number of hydrogen-bond acceptors (Lipinski definition) is 4. The fourth-order valence-corrected chi connectivity index (χ4v) is 2.36. The number of hydrogen-bond donors (Lipinski definition) is 1. The molecule has 18 heavy (non-hydrogen) atoms. The number of carbonyl (C=O) groups is 1. The van der Waals surface area contributed by atoms with E-state index in [-0.39, 0.29) is 5.56 Å². The molecular weight excluding hydrogens is 232 g/mol. The molecule has 1 aliphatic heterocycles. The summed E-state index contributed by atoms with van der Waals surface area (Å²) in [5.74, 6) is 0.237. The van der Waals surface area contributed by atoms with Gasteiger partial charge in [0.25, 0.3) is 0 Å². The second-order valence-corrected chi connectivity index (χ2v) is 4.57. The van der Waals surface area contributed by atoms with Gasteiger partial charge in [0, 0.05) is 33.0 Å². The topological polar surface area (TPSA) is 62.7 Å². The predicted octanol–water partition coefficient (Wildman–Crippen LogP) is 1.64. The van der Waals surface area contributed by atoms with E-state index in [1.807, 2.05) is 0 Å². The van der Waals surface area contributed by atoms with Gasteiger partial charge in [-0.05, 0) is 30.9 Å². The molecule has 2 rings (SSSR count). The van der Waals surface area contributed by atoms with Gasteiger partial charge in [-0.2, -0.15) is 0 Å². The lowest BCUT2D eigenvalue weighted by Crippen LogP contribution is -2.36. The lowest BCUT2D eigenvalue weighted by molar-refractivity contribution is 0.0697. The number of carboxylic acid groups (broad SMARTS) is 1.